The molecule has 2 saturated heterocycles. The van der Waals surface area contributed by atoms with E-state index < -0.39 is 0 Å². The van der Waals surface area contributed by atoms with Crippen molar-refractivity contribution in [2.75, 3.05) is 59.5 Å². The second-order valence-electron chi connectivity index (χ2n) is 9.07. The third-order valence-corrected chi connectivity index (χ3v) is 6.76. The fourth-order valence-corrected chi connectivity index (χ4v) is 5.09. The third kappa shape index (κ3) is 5.45. The van der Waals surface area contributed by atoms with E-state index >= 15 is 0 Å². The topological polar surface area (TPSA) is 73.9 Å². The van der Waals surface area contributed by atoms with E-state index in [2.05, 4.69) is 22.5 Å². The van der Waals surface area contributed by atoms with Crippen LogP contribution in [0.4, 0.5) is 0 Å². The molecule has 2 aliphatic heterocycles. The first-order valence-electron chi connectivity index (χ1n) is 11.0. The first kappa shape index (κ1) is 21.5. The summed E-state index contributed by atoms with van der Waals surface area (Å²) in [6.45, 7) is 7.88. The van der Waals surface area contributed by atoms with Crippen LogP contribution >= 0.6 is 0 Å². The molecule has 2 amide bonds. The number of nitrogens with zero attached hydrogens (tertiary/aromatic N) is 2. The summed E-state index contributed by atoms with van der Waals surface area (Å²) < 4.78 is 5.41. The average molecular weight is 395 g/mol. The molecule has 0 spiro atoms. The maximum absolute atomic E-state index is 13.2. The number of carbonyl (C=O) groups excluding carboxylic acids is 2. The van der Waals surface area contributed by atoms with Crippen LogP contribution in [0.15, 0.2) is 0 Å². The average Bonchev–Trinajstić information content (AvgIpc) is 2.69. The van der Waals surface area contributed by atoms with Crippen molar-refractivity contribution in [2.24, 2.45) is 11.3 Å². The lowest BCUT2D eigenvalue weighted by atomic mass is 9.78. The van der Waals surface area contributed by atoms with Gasteiger partial charge in [0.1, 0.15) is 0 Å². The molecule has 0 aromatic heterocycles. The molecule has 7 heteroatoms. The zero-order chi connectivity index (χ0) is 20.0. The van der Waals surface area contributed by atoms with Crippen LogP contribution < -0.4 is 10.6 Å². The van der Waals surface area contributed by atoms with Gasteiger partial charge in [-0.25, -0.2) is 0 Å². The summed E-state index contributed by atoms with van der Waals surface area (Å²) in [6.07, 6.45) is 6.37. The van der Waals surface area contributed by atoms with Crippen LogP contribution in [0.25, 0.3) is 0 Å². The van der Waals surface area contributed by atoms with Gasteiger partial charge in [-0.1, -0.05) is 19.8 Å². The highest BCUT2D eigenvalue weighted by molar-refractivity contribution is 5.83. The van der Waals surface area contributed by atoms with Crippen LogP contribution in [0.3, 0.4) is 0 Å². The number of piperidine rings is 1. The molecule has 3 fully saturated rings. The Hall–Kier alpha value is -1.18. The molecule has 28 heavy (non-hydrogen) atoms. The van der Waals surface area contributed by atoms with Gasteiger partial charge in [0.25, 0.3) is 0 Å². The van der Waals surface area contributed by atoms with E-state index in [4.69, 9.17) is 4.74 Å². The van der Waals surface area contributed by atoms with Crippen molar-refractivity contribution in [1.82, 2.24) is 20.4 Å². The Kier molecular flexibility index (Phi) is 7.71. The Morgan fingerprint density at radius 3 is 2.50 bits per heavy atom. The van der Waals surface area contributed by atoms with Gasteiger partial charge in [-0.15, -0.1) is 0 Å². The minimum absolute atomic E-state index is 0.132. The van der Waals surface area contributed by atoms with Crippen molar-refractivity contribution in [3.63, 3.8) is 0 Å². The summed E-state index contributed by atoms with van der Waals surface area (Å²) in [5.74, 6) is 1.08. The Morgan fingerprint density at radius 1 is 1.14 bits per heavy atom. The lowest BCUT2D eigenvalue weighted by molar-refractivity contribution is -0.149. The fraction of sp³-hybridized carbons (Fsp3) is 0.905. The third-order valence-electron chi connectivity index (χ3n) is 6.76. The van der Waals surface area contributed by atoms with Gasteiger partial charge in [-0.3, -0.25) is 14.5 Å². The van der Waals surface area contributed by atoms with E-state index in [-0.39, 0.29) is 17.2 Å². The Labute approximate surface area is 169 Å². The molecule has 7 nitrogen and oxygen atoms in total. The Morgan fingerprint density at radius 2 is 1.86 bits per heavy atom. The first-order valence-corrected chi connectivity index (χ1v) is 11.0. The van der Waals surface area contributed by atoms with Gasteiger partial charge in [0.15, 0.2) is 0 Å². The predicted octanol–water partition coefficient (Wildman–Crippen LogP) is 0.842. The molecular formula is C21H38N4O3. The number of amides is 2. The van der Waals surface area contributed by atoms with Crippen molar-refractivity contribution in [3.8, 4) is 0 Å². The largest absolute Gasteiger partial charge is 0.384 e. The number of carbonyl (C=O) groups is 2. The molecule has 3 rings (SSSR count). The van der Waals surface area contributed by atoms with Crippen molar-refractivity contribution in [2.45, 2.75) is 51.5 Å². The van der Waals surface area contributed by atoms with Crippen molar-refractivity contribution in [1.29, 1.82) is 0 Å². The summed E-state index contributed by atoms with van der Waals surface area (Å²) in [5.41, 5.74) is -0.378. The van der Waals surface area contributed by atoms with E-state index in [1.54, 1.807) is 7.11 Å². The monoisotopic (exact) mass is 394 g/mol. The van der Waals surface area contributed by atoms with E-state index in [0.717, 1.165) is 51.9 Å². The fourth-order valence-electron chi connectivity index (χ4n) is 5.09. The summed E-state index contributed by atoms with van der Waals surface area (Å²) in [4.78, 5) is 29.8. The predicted molar refractivity (Wildman–Crippen MR) is 109 cm³/mol. The first-order chi connectivity index (χ1) is 13.5. The molecule has 1 aliphatic carbocycles. The van der Waals surface area contributed by atoms with Crippen LogP contribution in [0, 0.1) is 11.3 Å². The molecule has 2 unspecified atom stereocenters. The Bertz CT molecular complexity index is 522. The van der Waals surface area contributed by atoms with Gasteiger partial charge in [-0.05, 0) is 44.7 Å². The van der Waals surface area contributed by atoms with Crippen LogP contribution in [0.1, 0.15) is 45.4 Å². The maximum Gasteiger partial charge on any atom is 0.234 e. The number of piperazine rings is 1. The molecule has 3 aliphatic rings. The normalized spacial score (nSPS) is 28.7. The quantitative estimate of drug-likeness (QED) is 0.698. The zero-order valence-corrected chi connectivity index (χ0v) is 17.7. The molecule has 1 saturated carbocycles. The summed E-state index contributed by atoms with van der Waals surface area (Å²) in [6, 6.07) is 0.341. The molecule has 0 radical (unpaired) electrons. The second kappa shape index (κ2) is 10.0. The van der Waals surface area contributed by atoms with Gasteiger partial charge in [0.2, 0.25) is 11.8 Å². The highest BCUT2D eigenvalue weighted by Gasteiger charge is 2.42. The van der Waals surface area contributed by atoms with Crippen LogP contribution in [-0.2, 0) is 14.3 Å². The van der Waals surface area contributed by atoms with Crippen molar-refractivity contribution in [3.05, 3.63) is 0 Å². The molecule has 2 N–H and O–H groups in total. The number of methoxy groups -OCH3 is 1. The van der Waals surface area contributed by atoms with Gasteiger partial charge in [-0.2, -0.15) is 0 Å². The Balaban J connectivity index is 1.44. The molecule has 0 bridgehead atoms. The second-order valence-corrected chi connectivity index (χ2v) is 9.07. The van der Waals surface area contributed by atoms with E-state index in [0.29, 0.717) is 38.2 Å². The highest BCUT2D eigenvalue weighted by atomic mass is 16.5. The summed E-state index contributed by atoms with van der Waals surface area (Å²) >= 11 is 0. The molecular weight excluding hydrogens is 356 g/mol. The van der Waals surface area contributed by atoms with E-state index in [1.165, 1.54) is 12.8 Å². The van der Waals surface area contributed by atoms with Crippen LogP contribution in [0.5, 0.6) is 0 Å². The highest BCUT2D eigenvalue weighted by Crippen LogP contribution is 2.32. The minimum Gasteiger partial charge on any atom is -0.384 e. The molecule has 160 valence electrons. The summed E-state index contributed by atoms with van der Waals surface area (Å²) in [7, 11) is 1.68. The van der Waals surface area contributed by atoms with Gasteiger partial charge < -0.3 is 20.3 Å². The number of ether oxygens (including phenoxy) is 1. The smallest absolute Gasteiger partial charge is 0.234 e. The number of hydrogen-bond donors (Lipinski definition) is 2. The standard InChI is InChI=1S/C21H38N4O3/c1-17-4-3-5-18(14-17)23-19(26)15-24-10-12-25(13-11-24)20(27)21(16-28-2)6-8-22-9-7-21/h17-18,22H,3-16H2,1-2H3,(H,23,26). The minimum atomic E-state index is -0.378. The molecule has 0 aromatic rings. The summed E-state index contributed by atoms with van der Waals surface area (Å²) in [5, 5.41) is 6.56. The van der Waals surface area contributed by atoms with Gasteiger partial charge in [0.05, 0.1) is 18.6 Å². The van der Waals surface area contributed by atoms with Gasteiger partial charge in [0, 0.05) is 39.3 Å². The maximum atomic E-state index is 13.2. The van der Waals surface area contributed by atoms with Crippen molar-refractivity contribution >= 4 is 11.8 Å². The van der Waals surface area contributed by atoms with E-state index in [9.17, 15) is 9.59 Å². The molecule has 0 aromatic carbocycles. The van der Waals surface area contributed by atoms with Crippen LogP contribution in [-0.4, -0.2) is 87.2 Å². The van der Waals surface area contributed by atoms with Crippen molar-refractivity contribution < 1.29 is 14.3 Å². The van der Waals surface area contributed by atoms with E-state index in [1.807, 2.05) is 4.90 Å². The number of rotatable bonds is 6. The lowest BCUT2D eigenvalue weighted by Crippen LogP contribution is -2.57. The van der Waals surface area contributed by atoms with Gasteiger partial charge >= 0.3 is 0 Å². The lowest BCUT2D eigenvalue weighted by Gasteiger charge is -2.42. The molecule has 2 atom stereocenters. The zero-order valence-electron chi connectivity index (χ0n) is 17.7. The molecule has 2 heterocycles. The SMILES string of the molecule is COCC1(C(=O)N2CCN(CC(=O)NC3CCCC(C)C3)CC2)CCNCC1. The van der Waals surface area contributed by atoms with Crippen LogP contribution in [0.2, 0.25) is 0 Å². The number of hydrogen-bond acceptors (Lipinski definition) is 5. The number of nitrogens with one attached hydrogen (secondary N) is 2.